The number of carbonyl (C=O) groups is 4. The Hall–Kier alpha value is -3.94. The third kappa shape index (κ3) is 3.07. The lowest BCUT2D eigenvalue weighted by Gasteiger charge is -2.58. The summed E-state index contributed by atoms with van der Waals surface area (Å²) < 4.78 is 11.6. The fraction of sp³-hybridized carbons (Fsp3) is 0.438. The average molecular weight is 541 g/mol. The minimum Gasteiger partial charge on any atom is -0.492 e. The molecule has 2 saturated heterocycles. The zero-order chi connectivity index (χ0) is 27.8. The number of ether oxygens (including phenoxy) is 2. The minimum atomic E-state index is -0.855. The molecule has 4 atom stereocenters. The summed E-state index contributed by atoms with van der Waals surface area (Å²) in [5, 5.41) is 0. The van der Waals surface area contributed by atoms with Gasteiger partial charge >= 0.3 is 0 Å². The van der Waals surface area contributed by atoms with Crippen LogP contribution in [0.5, 0.6) is 11.5 Å². The van der Waals surface area contributed by atoms with E-state index in [-0.39, 0.29) is 23.6 Å². The first-order chi connectivity index (χ1) is 19.5. The van der Waals surface area contributed by atoms with Crippen LogP contribution >= 0.6 is 0 Å². The largest absolute Gasteiger partial charge is 0.492 e. The minimum absolute atomic E-state index is 0.286. The molecule has 0 aromatic heterocycles. The van der Waals surface area contributed by atoms with Gasteiger partial charge in [0.1, 0.15) is 11.5 Å². The molecule has 6 aliphatic rings. The molecule has 0 N–H and O–H groups in total. The predicted octanol–water partition coefficient (Wildman–Crippen LogP) is 4.53. The van der Waals surface area contributed by atoms with Crippen LogP contribution in [0.4, 0.5) is 11.4 Å². The van der Waals surface area contributed by atoms with Crippen molar-refractivity contribution in [3.8, 4) is 11.5 Å². The van der Waals surface area contributed by atoms with Gasteiger partial charge < -0.3 is 9.47 Å². The van der Waals surface area contributed by atoms with Gasteiger partial charge in [-0.05, 0) is 57.4 Å². The first-order valence-corrected chi connectivity index (χ1v) is 14.4. The van der Waals surface area contributed by atoms with E-state index in [2.05, 4.69) is 6.08 Å². The van der Waals surface area contributed by atoms with E-state index in [1.165, 1.54) is 9.80 Å². The van der Waals surface area contributed by atoms with Gasteiger partial charge in [0.05, 0.1) is 48.3 Å². The Morgan fingerprint density at radius 2 is 1.23 bits per heavy atom. The number of rotatable bonds is 6. The lowest BCUT2D eigenvalue weighted by molar-refractivity contribution is -0.151. The van der Waals surface area contributed by atoms with Crippen molar-refractivity contribution < 1.29 is 28.7 Å². The number of hydrogen-bond acceptors (Lipinski definition) is 6. The number of hydrogen-bond donors (Lipinski definition) is 0. The molecule has 0 unspecified atom stereocenters. The van der Waals surface area contributed by atoms with Gasteiger partial charge in [-0.15, -0.1) is 0 Å². The summed E-state index contributed by atoms with van der Waals surface area (Å²) >= 11 is 0. The van der Waals surface area contributed by atoms with Crippen molar-refractivity contribution in [3.05, 3.63) is 60.2 Å². The van der Waals surface area contributed by atoms with Gasteiger partial charge in [0.2, 0.25) is 23.6 Å². The summed E-state index contributed by atoms with van der Waals surface area (Å²) in [5.41, 5.74) is 1.08. The molecule has 2 aromatic carbocycles. The second-order valence-electron chi connectivity index (χ2n) is 11.3. The Labute approximate surface area is 232 Å². The molecule has 4 amide bonds. The second-order valence-corrected chi connectivity index (χ2v) is 11.3. The molecule has 2 saturated carbocycles. The fourth-order valence-electron chi connectivity index (χ4n) is 8.49. The third-order valence-electron chi connectivity index (χ3n) is 9.73. The van der Waals surface area contributed by atoms with Gasteiger partial charge in [0.15, 0.2) is 0 Å². The standard InChI is InChI=1S/C32H32N2O6/c1-3-39-22-14-7-5-12-20(22)33-28(35)24-19-17-18-11-9-10-16-32(18,26(24)30(33)37)27-25(19)29(36)34(31(27)38)21-13-6-8-15-23(21)40-4-2/h5-8,12-15,17,19,24-27H,3-4,9-11,16H2,1-2H3/t19?,24-,25-,26+,27+,32?/m1/s1. The highest BCUT2D eigenvalue weighted by Gasteiger charge is 2.76. The highest BCUT2D eigenvalue weighted by atomic mass is 16.5. The highest BCUT2D eigenvalue weighted by Crippen LogP contribution is 2.70. The lowest BCUT2D eigenvalue weighted by Crippen LogP contribution is -2.60. The molecule has 0 radical (unpaired) electrons. The normalized spacial score (nSPS) is 32.1. The topological polar surface area (TPSA) is 93.2 Å². The van der Waals surface area contributed by atoms with Crippen LogP contribution in [-0.4, -0.2) is 36.8 Å². The Bertz CT molecular complexity index is 1390. The lowest BCUT2D eigenvalue weighted by atomic mass is 9.41. The maximum Gasteiger partial charge on any atom is 0.238 e. The van der Waals surface area contributed by atoms with Crippen LogP contribution in [0.3, 0.4) is 0 Å². The number of amides is 4. The average Bonchev–Trinajstić information content (AvgIpc) is 3.40. The van der Waals surface area contributed by atoms with Crippen LogP contribution in [0.15, 0.2) is 60.2 Å². The molecule has 2 aliphatic heterocycles. The van der Waals surface area contributed by atoms with Crippen molar-refractivity contribution in [1.29, 1.82) is 0 Å². The van der Waals surface area contributed by atoms with Gasteiger partial charge in [0.25, 0.3) is 0 Å². The molecule has 4 fully saturated rings. The summed E-state index contributed by atoms with van der Waals surface area (Å²) in [5.74, 6) is -3.51. The van der Waals surface area contributed by atoms with Crippen LogP contribution < -0.4 is 19.3 Å². The Balaban J connectivity index is 1.37. The molecular formula is C32H32N2O6. The summed E-state index contributed by atoms with van der Waals surface area (Å²) in [4.78, 5) is 59.8. The molecule has 8 nitrogen and oxygen atoms in total. The van der Waals surface area contributed by atoms with Crippen LogP contribution in [0, 0.1) is 35.0 Å². The van der Waals surface area contributed by atoms with Crippen molar-refractivity contribution in [2.24, 2.45) is 35.0 Å². The monoisotopic (exact) mass is 540 g/mol. The molecule has 2 bridgehead atoms. The van der Waals surface area contributed by atoms with Crippen molar-refractivity contribution in [2.75, 3.05) is 23.0 Å². The van der Waals surface area contributed by atoms with E-state index in [0.29, 0.717) is 42.5 Å². The summed E-state index contributed by atoms with van der Waals surface area (Å²) in [6.07, 6.45) is 5.27. The molecule has 40 heavy (non-hydrogen) atoms. The van der Waals surface area contributed by atoms with Gasteiger partial charge in [-0.3, -0.25) is 19.2 Å². The van der Waals surface area contributed by atoms with Crippen LogP contribution in [0.1, 0.15) is 39.5 Å². The van der Waals surface area contributed by atoms with Crippen molar-refractivity contribution in [1.82, 2.24) is 0 Å². The third-order valence-corrected chi connectivity index (χ3v) is 9.73. The zero-order valence-corrected chi connectivity index (χ0v) is 22.7. The van der Waals surface area contributed by atoms with E-state index >= 15 is 0 Å². The van der Waals surface area contributed by atoms with E-state index in [1.807, 2.05) is 26.0 Å². The van der Waals surface area contributed by atoms with Gasteiger partial charge in [-0.25, -0.2) is 9.80 Å². The van der Waals surface area contributed by atoms with Crippen LogP contribution in [0.25, 0.3) is 0 Å². The van der Waals surface area contributed by atoms with Crippen LogP contribution in [-0.2, 0) is 19.2 Å². The Kier molecular flexibility index (Phi) is 5.67. The number of nitrogens with zero attached hydrogens (tertiary/aromatic N) is 2. The quantitative estimate of drug-likeness (QED) is 0.395. The van der Waals surface area contributed by atoms with Gasteiger partial charge in [-0.2, -0.15) is 0 Å². The van der Waals surface area contributed by atoms with E-state index in [1.54, 1.807) is 36.4 Å². The number of imide groups is 2. The molecule has 1 spiro atoms. The maximum absolute atomic E-state index is 14.4. The Morgan fingerprint density at radius 3 is 1.73 bits per heavy atom. The fourth-order valence-corrected chi connectivity index (χ4v) is 8.49. The van der Waals surface area contributed by atoms with Crippen molar-refractivity contribution in [3.63, 3.8) is 0 Å². The molecular weight excluding hydrogens is 508 g/mol. The first-order valence-electron chi connectivity index (χ1n) is 14.4. The molecule has 2 heterocycles. The van der Waals surface area contributed by atoms with Crippen LogP contribution in [0.2, 0.25) is 0 Å². The summed E-state index contributed by atoms with van der Waals surface area (Å²) in [6, 6.07) is 14.2. The molecule has 8 heteroatoms. The number of anilines is 2. The summed E-state index contributed by atoms with van der Waals surface area (Å²) in [7, 11) is 0. The van der Waals surface area contributed by atoms with E-state index in [0.717, 1.165) is 24.8 Å². The first kappa shape index (κ1) is 25.1. The maximum atomic E-state index is 14.4. The van der Waals surface area contributed by atoms with Crippen molar-refractivity contribution >= 4 is 35.0 Å². The molecule has 4 aliphatic carbocycles. The molecule has 206 valence electrons. The highest BCUT2D eigenvalue weighted by molar-refractivity contribution is 6.27. The number of carbonyl (C=O) groups excluding carboxylic acids is 4. The van der Waals surface area contributed by atoms with E-state index in [9.17, 15) is 19.2 Å². The van der Waals surface area contributed by atoms with Crippen molar-refractivity contribution in [2.45, 2.75) is 39.5 Å². The number of para-hydroxylation sites is 4. The predicted molar refractivity (Wildman–Crippen MR) is 147 cm³/mol. The second kappa shape index (κ2) is 9.04. The van der Waals surface area contributed by atoms with E-state index in [4.69, 9.17) is 9.47 Å². The SMILES string of the molecule is CCOc1ccccc1N1C(=O)[C@@H]2C3C=C4CCCCC4([C@@H]2C1=O)[C@@H]1C(=O)N(c2ccccc2OCC)C(=O)[C@H]31. The van der Waals surface area contributed by atoms with E-state index < -0.39 is 35.0 Å². The van der Waals surface area contributed by atoms with Gasteiger partial charge in [-0.1, -0.05) is 42.3 Å². The number of allylic oxidation sites excluding steroid dienone is 2. The molecule has 8 rings (SSSR count). The molecule has 2 aromatic rings. The summed E-state index contributed by atoms with van der Waals surface area (Å²) in [6.45, 7) is 4.50. The smallest absolute Gasteiger partial charge is 0.238 e. The number of benzene rings is 2. The Morgan fingerprint density at radius 1 is 0.725 bits per heavy atom. The van der Waals surface area contributed by atoms with Gasteiger partial charge in [0, 0.05) is 11.3 Å². The zero-order valence-electron chi connectivity index (χ0n) is 22.7.